The van der Waals surface area contributed by atoms with Crippen LogP contribution < -0.4 is 5.32 Å². The highest BCUT2D eigenvalue weighted by Gasteiger charge is 2.11. The summed E-state index contributed by atoms with van der Waals surface area (Å²) in [4.78, 5) is 12.0. The van der Waals surface area contributed by atoms with E-state index in [2.05, 4.69) is 81.2 Å². The fourth-order valence-corrected chi connectivity index (χ4v) is 3.48. The highest BCUT2D eigenvalue weighted by Crippen LogP contribution is 2.12. The first kappa shape index (κ1) is 24.7. The minimum Gasteiger partial charge on any atom is -0.357 e. The number of halogens is 2. The highest BCUT2D eigenvalue weighted by molar-refractivity contribution is 14.0. The van der Waals surface area contributed by atoms with E-state index in [4.69, 9.17) is 4.99 Å². The first-order valence-electron chi connectivity index (χ1n) is 9.73. The number of hydrogen-bond donors (Lipinski definition) is 1. The van der Waals surface area contributed by atoms with Crippen LogP contribution >= 0.6 is 39.9 Å². The van der Waals surface area contributed by atoms with Gasteiger partial charge in [0.2, 0.25) is 0 Å². The van der Waals surface area contributed by atoms with E-state index in [-0.39, 0.29) is 24.0 Å². The maximum Gasteiger partial charge on any atom is 0.193 e. The van der Waals surface area contributed by atoms with Crippen molar-refractivity contribution in [1.29, 1.82) is 0 Å². The van der Waals surface area contributed by atoms with Crippen molar-refractivity contribution in [3.05, 3.63) is 34.3 Å². The van der Waals surface area contributed by atoms with Gasteiger partial charge in [0.05, 0.1) is 0 Å². The molecule has 7 heteroatoms. The lowest BCUT2D eigenvalue weighted by Crippen LogP contribution is -2.38. The second kappa shape index (κ2) is 13.7. The van der Waals surface area contributed by atoms with Crippen LogP contribution in [-0.4, -0.2) is 80.6 Å². The Morgan fingerprint density at radius 1 is 1.19 bits per heavy atom. The summed E-state index contributed by atoms with van der Waals surface area (Å²) in [5.74, 6) is 0.992. The normalized spacial score (nSPS) is 16.5. The summed E-state index contributed by atoms with van der Waals surface area (Å²) < 4.78 is 1.11. The van der Waals surface area contributed by atoms with Gasteiger partial charge >= 0.3 is 0 Å². The van der Waals surface area contributed by atoms with Crippen LogP contribution in [-0.2, 0) is 6.54 Å². The van der Waals surface area contributed by atoms with Crippen LogP contribution in [0.2, 0.25) is 0 Å². The molecule has 0 saturated carbocycles. The van der Waals surface area contributed by atoms with E-state index in [1.165, 1.54) is 38.2 Å². The van der Waals surface area contributed by atoms with Crippen LogP contribution in [0.3, 0.4) is 0 Å². The van der Waals surface area contributed by atoms with E-state index < -0.39 is 0 Å². The topological polar surface area (TPSA) is 34.1 Å². The summed E-state index contributed by atoms with van der Waals surface area (Å²) in [7, 11) is 4.33. The molecule has 0 spiro atoms. The van der Waals surface area contributed by atoms with Crippen molar-refractivity contribution in [2.24, 2.45) is 4.99 Å². The third-order valence-corrected chi connectivity index (χ3v) is 5.26. The number of nitrogens with one attached hydrogen (secondary N) is 1. The molecule has 1 aromatic carbocycles. The van der Waals surface area contributed by atoms with Gasteiger partial charge in [-0.3, -0.25) is 4.99 Å². The van der Waals surface area contributed by atoms with Gasteiger partial charge in [-0.25, -0.2) is 0 Å². The van der Waals surface area contributed by atoms with Gasteiger partial charge < -0.3 is 20.0 Å². The predicted octanol–water partition coefficient (Wildman–Crippen LogP) is 3.49. The maximum absolute atomic E-state index is 4.84. The molecule has 0 aliphatic carbocycles. The zero-order valence-corrected chi connectivity index (χ0v) is 20.9. The van der Waals surface area contributed by atoms with Gasteiger partial charge in [0, 0.05) is 44.2 Å². The molecule has 1 N–H and O–H groups in total. The number of aliphatic imine (C=N–C) groups is 1. The molecule has 1 aromatic rings. The van der Waals surface area contributed by atoms with Crippen molar-refractivity contribution >= 4 is 45.9 Å². The second-order valence-corrected chi connectivity index (χ2v) is 7.99. The Morgan fingerprint density at radius 2 is 1.93 bits per heavy atom. The lowest BCUT2D eigenvalue weighted by molar-refractivity contribution is 0.275. The number of hydrogen-bond acceptors (Lipinski definition) is 3. The summed E-state index contributed by atoms with van der Waals surface area (Å²) in [5.41, 5.74) is 1.29. The number of nitrogens with zero attached hydrogens (tertiary/aromatic N) is 4. The van der Waals surface area contributed by atoms with Crippen LogP contribution in [0, 0.1) is 0 Å². The quantitative estimate of drug-likeness (QED) is 0.243. The molecule has 0 bridgehead atoms. The number of likely N-dealkylation sites (N-methyl/N-ethyl adjacent to an activating group) is 1. The summed E-state index contributed by atoms with van der Waals surface area (Å²) in [6.07, 6.45) is 2.39. The first-order valence-corrected chi connectivity index (χ1v) is 10.5. The number of benzene rings is 1. The van der Waals surface area contributed by atoms with Crippen molar-refractivity contribution in [3.63, 3.8) is 0 Å². The molecule has 5 nitrogen and oxygen atoms in total. The SMILES string of the molecule is CCNC(=NCCCN1CCCN(C)CC1)N(C)Cc1ccc(Br)cc1.I. The molecule has 0 aromatic heterocycles. The lowest BCUT2D eigenvalue weighted by atomic mass is 10.2. The Hall–Kier alpha value is -0.380. The minimum absolute atomic E-state index is 0. The summed E-state index contributed by atoms with van der Waals surface area (Å²) in [6, 6.07) is 8.48. The van der Waals surface area contributed by atoms with E-state index in [0.29, 0.717) is 0 Å². The summed E-state index contributed by atoms with van der Waals surface area (Å²) in [6.45, 7) is 10.7. The standard InChI is InChI=1S/C20H34BrN5.HI/c1-4-22-20(25(3)17-18-7-9-19(21)10-8-18)23-11-5-13-26-14-6-12-24(2)15-16-26;/h7-10H,4-6,11-17H2,1-3H3,(H,22,23);1H. The van der Waals surface area contributed by atoms with Gasteiger partial charge in [-0.2, -0.15) is 0 Å². The Kier molecular flexibility index (Phi) is 12.5. The van der Waals surface area contributed by atoms with Crippen molar-refractivity contribution in [2.75, 3.05) is 59.9 Å². The van der Waals surface area contributed by atoms with Crippen LogP contribution in [0.15, 0.2) is 33.7 Å². The molecule has 1 heterocycles. The zero-order valence-electron chi connectivity index (χ0n) is 17.0. The van der Waals surface area contributed by atoms with Crippen molar-refractivity contribution in [3.8, 4) is 0 Å². The van der Waals surface area contributed by atoms with Crippen molar-refractivity contribution in [1.82, 2.24) is 20.0 Å². The minimum atomic E-state index is 0. The van der Waals surface area contributed by atoms with Gasteiger partial charge in [-0.1, -0.05) is 28.1 Å². The van der Waals surface area contributed by atoms with Gasteiger partial charge in [0.25, 0.3) is 0 Å². The molecular formula is C20H35BrIN5. The van der Waals surface area contributed by atoms with E-state index in [1.807, 2.05) is 0 Å². The maximum atomic E-state index is 4.84. The summed E-state index contributed by atoms with van der Waals surface area (Å²) in [5, 5.41) is 3.41. The van der Waals surface area contributed by atoms with Crippen LogP contribution in [0.4, 0.5) is 0 Å². The number of rotatable bonds is 7. The van der Waals surface area contributed by atoms with Gasteiger partial charge in [0.15, 0.2) is 5.96 Å². The summed E-state index contributed by atoms with van der Waals surface area (Å²) >= 11 is 3.49. The molecule has 1 aliphatic rings. The lowest BCUT2D eigenvalue weighted by Gasteiger charge is -2.23. The Bertz CT molecular complexity index is 552. The molecule has 1 aliphatic heterocycles. The molecule has 2 rings (SSSR count). The third kappa shape index (κ3) is 9.58. The molecule has 27 heavy (non-hydrogen) atoms. The first-order chi connectivity index (χ1) is 12.6. The Labute approximate surface area is 190 Å². The fraction of sp³-hybridized carbons (Fsp3) is 0.650. The second-order valence-electron chi connectivity index (χ2n) is 7.07. The van der Waals surface area contributed by atoms with E-state index in [0.717, 1.165) is 43.0 Å². The fourth-order valence-electron chi connectivity index (χ4n) is 3.21. The van der Waals surface area contributed by atoms with Crippen LogP contribution in [0.5, 0.6) is 0 Å². The molecule has 0 radical (unpaired) electrons. The van der Waals surface area contributed by atoms with Gasteiger partial charge in [-0.15, -0.1) is 24.0 Å². The van der Waals surface area contributed by atoms with Gasteiger partial charge in [0.1, 0.15) is 0 Å². The Balaban J connectivity index is 0.00000364. The molecule has 154 valence electrons. The van der Waals surface area contributed by atoms with Crippen LogP contribution in [0.1, 0.15) is 25.3 Å². The molecule has 0 unspecified atom stereocenters. The average molecular weight is 552 g/mol. The molecular weight excluding hydrogens is 517 g/mol. The predicted molar refractivity (Wildman–Crippen MR) is 130 cm³/mol. The van der Waals surface area contributed by atoms with E-state index in [9.17, 15) is 0 Å². The highest BCUT2D eigenvalue weighted by atomic mass is 127. The molecule has 0 amide bonds. The van der Waals surface area contributed by atoms with Crippen molar-refractivity contribution < 1.29 is 0 Å². The zero-order chi connectivity index (χ0) is 18.8. The van der Waals surface area contributed by atoms with Gasteiger partial charge in [-0.05, 0) is 64.1 Å². The smallest absolute Gasteiger partial charge is 0.193 e. The third-order valence-electron chi connectivity index (χ3n) is 4.74. The largest absolute Gasteiger partial charge is 0.357 e. The van der Waals surface area contributed by atoms with Crippen molar-refractivity contribution in [2.45, 2.75) is 26.3 Å². The molecule has 1 saturated heterocycles. The Morgan fingerprint density at radius 3 is 2.63 bits per heavy atom. The molecule has 1 fully saturated rings. The average Bonchev–Trinajstić information content (AvgIpc) is 2.84. The van der Waals surface area contributed by atoms with E-state index >= 15 is 0 Å². The van der Waals surface area contributed by atoms with Crippen LogP contribution in [0.25, 0.3) is 0 Å². The van der Waals surface area contributed by atoms with E-state index in [1.54, 1.807) is 0 Å². The molecule has 0 atom stereocenters. The monoisotopic (exact) mass is 551 g/mol. The number of guanidine groups is 1.